The second kappa shape index (κ2) is 6.63. The summed E-state index contributed by atoms with van der Waals surface area (Å²) in [5.74, 6) is 0.372. The van der Waals surface area contributed by atoms with Gasteiger partial charge in [-0.05, 0) is 31.9 Å². The van der Waals surface area contributed by atoms with E-state index in [1.165, 1.54) is 12.1 Å². The van der Waals surface area contributed by atoms with E-state index in [-0.39, 0.29) is 11.6 Å². The number of unbranched alkanes of at least 4 members (excludes halogenated alkanes) is 1. The van der Waals surface area contributed by atoms with Gasteiger partial charge in [0.05, 0.1) is 6.61 Å². The molecule has 88 valence electrons. The molecule has 1 rings (SSSR count). The van der Waals surface area contributed by atoms with Crippen LogP contribution >= 0.6 is 15.9 Å². The van der Waals surface area contributed by atoms with E-state index >= 15 is 0 Å². The Morgan fingerprint density at radius 1 is 1.38 bits per heavy atom. The summed E-state index contributed by atoms with van der Waals surface area (Å²) in [6.45, 7) is 2.08. The van der Waals surface area contributed by atoms with Crippen LogP contribution in [0.4, 0.5) is 4.39 Å². The monoisotopic (exact) mass is 288 g/mol. The molecule has 0 aliphatic carbocycles. The van der Waals surface area contributed by atoms with Crippen molar-refractivity contribution in [3.05, 3.63) is 28.5 Å². The lowest BCUT2D eigenvalue weighted by Gasteiger charge is -2.06. The van der Waals surface area contributed by atoms with E-state index < -0.39 is 0 Å². The van der Waals surface area contributed by atoms with Crippen molar-refractivity contribution in [3.63, 3.8) is 0 Å². The first-order chi connectivity index (χ1) is 7.58. The SMILES string of the molecule is CC(=O)CCCCOc1cc(F)cc(Br)c1. The first-order valence-corrected chi connectivity index (χ1v) is 5.95. The third kappa shape index (κ3) is 5.26. The van der Waals surface area contributed by atoms with E-state index in [0.717, 1.165) is 12.8 Å². The first kappa shape index (κ1) is 13.2. The maximum atomic E-state index is 13.0. The predicted molar refractivity (Wildman–Crippen MR) is 64.1 cm³/mol. The van der Waals surface area contributed by atoms with E-state index in [2.05, 4.69) is 15.9 Å². The molecule has 0 spiro atoms. The zero-order valence-corrected chi connectivity index (χ0v) is 10.7. The molecule has 0 unspecified atom stereocenters. The smallest absolute Gasteiger partial charge is 0.129 e. The number of carbonyl (C=O) groups excluding carboxylic acids is 1. The fourth-order valence-electron chi connectivity index (χ4n) is 1.28. The van der Waals surface area contributed by atoms with Crippen LogP contribution in [-0.4, -0.2) is 12.4 Å². The molecule has 0 fully saturated rings. The quantitative estimate of drug-likeness (QED) is 0.746. The topological polar surface area (TPSA) is 26.3 Å². The molecule has 0 aromatic heterocycles. The number of hydrogen-bond donors (Lipinski definition) is 0. The van der Waals surface area contributed by atoms with Gasteiger partial charge >= 0.3 is 0 Å². The van der Waals surface area contributed by atoms with Crippen LogP contribution < -0.4 is 4.74 Å². The molecule has 0 amide bonds. The molecule has 4 heteroatoms. The van der Waals surface area contributed by atoms with Crippen LogP contribution in [0.15, 0.2) is 22.7 Å². The van der Waals surface area contributed by atoms with Gasteiger partial charge in [0.1, 0.15) is 17.3 Å². The van der Waals surface area contributed by atoms with Gasteiger partial charge < -0.3 is 9.53 Å². The maximum absolute atomic E-state index is 13.0. The van der Waals surface area contributed by atoms with Crippen molar-refractivity contribution in [2.75, 3.05) is 6.61 Å². The predicted octanol–water partition coefficient (Wildman–Crippen LogP) is 3.73. The zero-order valence-electron chi connectivity index (χ0n) is 9.13. The fraction of sp³-hybridized carbons (Fsp3) is 0.417. The molecule has 16 heavy (non-hydrogen) atoms. The number of rotatable bonds is 6. The lowest BCUT2D eigenvalue weighted by molar-refractivity contribution is -0.117. The summed E-state index contributed by atoms with van der Waals surface area (Å²) in [5.41, 5.74) is 0. The Hall–Kier alpha value is -0.900. The molecular weight excluding hydrogens is 275 g/mol. The summed E-state index contributed by atoms with van der Waals surface area (Å²) in [7, 11) is 0. The largest absolute Gasteiger partial charge is 0.493 e. The van der Waals surface area contributed by atoms with Crippen LogP contribution in [0.3, 0.4) is 0 Å². The Bertz CT molecular complexity index is 346. The normalized spacial score (nSPS) is 10.2. The minimum Gasteiger partial charge on any atom is -0.493 e. The van der Waals surface area contributed by atoms with Crippen molar-refractivity contribution in [1.29, 1.82) is 0 Å². The lowest BCUT2D eigenvalue weighted by atomic mass is 10.2. The zero-order chi connectivity index (χ0) is 12.0. The summed E-state index contributed by atoms with van der Waals surface area (Å²) in [5, 5.41) is 0. The highest BCUT2D eigenvalue weighted by molar-refractivity contribution is 9.10. The number of ketones is 1. The Morgan fingerprint density at radius 2 is 2.12 bits per heavy atom. The average Bonchev–Trinajstić information content (AvgIpc) is 2.15. The lowest BCUT2D eigenvalue weighted by Crippen LogP contribution is -1.99. The van der Waals surface area contributed by atoms with Crippen LogP contribution in [0.5, 0.6) is 5.75 Å². The molecule has 0 aliphatic heterocycles. The summed E-state index contributed by atoms with van der Waals surface area (Å²) < 4.78 is 19.0. The number of halogens is 2. The van der Waals surface area contributed by atoms with Crippen LogP contribution in [0.25, 0.3) is 0 Å². The minimum atomic E-state index is -0.326. The Kier molecular flexibility index (Phi) is 5.46. The molecule has 0 bridgehead atoms. The summed E-state index contributed by atoms with van der Waals surface area (Å²) in [4.78, 5) is 10.7. The third-order valence-corrected chi connectivity index (χ3v) is 2.49. The number of ether oxygens (including phenoxy) is 1. The van der Waals surface area contributed by atoms with Crippen LogP contribution in [0.1, 0.15) is 26.2 Å². The van der Waals surface area contributed by atoms with Gasteiger partial charge in [-0.2, -0.15) is 0 Å². The van der Waals surface area contributed by atoms with Gasteiger partial charge in [0, 0.05) is 17.0 Å². The minimum absolute atomic E-state index is 0.188. The van der Waals surface area contributed by atoms with Crippen LogP contribution in [0, 0.1) is 5.82 Å². The highest BCUT2D eigenvalue weighted by atomic mass is 79.9. The molecule has 0 saturated carbocycles. The molecule has 0 aliphatic rings. The highest BCUT2D eigenvalue weighted by Gasteiger charge is 2.00. The van der Waals surface area contributed by atoms with E-state index in [0.29, 0.717) is 23.2 Å². The Balaban J connectivity index is 2.29. The molecule has 0 N–H and O–H groups in total. The van der Waals surface area contributed by atoms with Crippen molar-refractivity contribution in [1.82, 2.24) is 0 Å². The molecule has 0 atom stereocenters. The van der Waals surface area contributed by atoms with E-state index in [1.807, 2.05) is 0 Å². The molecular formula is C12H14BrFO2. The van der Waals surface area contributed by atoms with Gasteiger partial charge in [-0.25, -0.2) is 4.39 Å². The molecule has 0 heterocycles. The second-order valence-electron chi connectivity index (χ2n) is 3.61. The number of benzene rings is 1. The van der Waals surface area contributed by atoms with E-state index in [9.17, 15) is 9.18 Å². The van der Waals surface area contributed by atoms with E-state index in [1.54, 1.807) is 13.0 Å². The molecule has 0 saturated heterocycles. The van der Waals surface area contributed by atoms with Crippen molar-refractivity contribution in [2.45, 2.75) is 26.2 Å². The van der Waals surface area contributed by atoms with Crippen LogP contribution in [0.2, 0.25) is 0 Å². The average molecular weight is 289 g/mol. The Morgan fingerprint density at radius 3 is 2.75 bits per heavy atom. The standard InChI is InChI=1S/C12H14BrFO2/c1-9(15)4-2-3-5-16-12-7-10(13)6-11(14)8-12/h6-8H,2-5H2,1H3. The van der Waals surface area contributed by atoms with Crippen molar-refractivity contribution in [3.8, 4) is 5.75 Å². The van der Waals surface area contributed by atoms with Gasteiger partial charge in [-0.1, -0.05) is 15.9 Å². The van der Waals surface area contributed by atoms with Gasteiger partial charge in [0.15, 0.2) is 0 Å². The van der Waals surface area contributed by atoms with Gasteiger partial charge in [0.25, 0.3) is 0 Å². The van der Waals surface area contributed by atoms with Crippen molar-refractivity contribution in [2.24, 2.45) is 0 Å². The highest BCUT2D eigenvalue weighted by Crippen LogP contribution is 2.20. The summed E-state index contributed by atoms with van der Waals surface area (Å²) in [6.07, 6.45) is 2.19. The Labute approximate surface area is 103 Å². The van der Waals surface area contributed by atoms with Crippen molar-refractivity contribution < 1.29 is 13.9 Å². The van der Waals surface area contributed by atoms with Crippen molar-refractivity contribution >= 4 is 21.7 Å². The third-order valence-electron chi connectivity index (χ3n) is 2.03. The molecule has 1 aromatic rings. The van der Waals surface area contributed by atoms with Crippen LogP contribution in [-0.2, 0) is 4.79 Å². The molecule has 2 nitrogen and oxygen atoms in total. The fourth-order valence-corrected chi connectivity index (χ4v) is 1.72. The first-order valence-electron chi connectivity index (χ1n) is 5.16. The molecule has 0 radical (unpaired) electrons. The maximum Gasteiger partial charge on any atom is 0.129 e. The summed E-state index contributed by atoms with van der Waals surface area (Å²) in [6, 6.07) is 4.44. The number of Topliss-reactive ketones (excluding diaryl/α,β-unsaturated/α-hetero) is 1. The number of hydrogen-bond acceptors (Lipinski definition) is 2. The molecule has 1 aromatic carbocycles. The number of carbonyl (C=O) groups is 1. The second-order valence-corrected chi connectivity index (χ2v) is 4.53. The van der Waals surface area contributed by atoms with Gasteiger partial charge in [-0.15, -0.1) is 0 Å². The van der Waals surface area contributed by atoms with E-state index in [4.69, 9.17) is 4.74 Å². The van der Waals surface area contributed by atoms with Gasteiger partial charge in [-0.3, -0.25) is 0 Å². The van der Waals surface area contributed by atoms with Gasteiger partial charge in [0.2, 0.25) is 0 Å². The summed E-state index contributed by atoms with van der Waals surface area (Å²) >= 11 is 3.19.